The lowest BCUT2D eigenvalue weighted by Gasteiger charge is -2.13. The Morgan fingerprint density at radius 2 is 1.66 bits per heavy atom. The second-order valence-electron chi connectivity index (χ2n) is 5.59. The predicted octanol–water partition coefficient (Wildman–Crippen LogP) is 3.92. The third kappa shape index (κ3) is 4.62. The second-order valence-corrected chi connectivity index (χ2v) is 6.48. The number of halogens is 6. The van der Waals surface area contributed by atoms with Gasteiger partial charge in [0.25, 0.3) is 5.91 Å². The van der Waals surface area contributed by atoms with E-state index in [0.29, 0.717) is 12.1 Å². The molecule has 152 valence electrons. The van der Waals surface area contributed by atoms with Gasteiger partial charge in [0.2, 0.25) is 0 Å². The normalized spacial score (nSPS) is 13.0. The minimum atomic E-state index is -5.00. The Labute approximate surface area is 162 Å². The van der Waals surface area contributed by atoms with Crippen molar-refractivity contribution in [2.75, 3.05) is 0 Å². The average Bonchev–Trinajstić information content (AvgIpc) is 3.29. The fourth-order valence-electron chi connectivity index (χ4n) is 2.27. The Hall–Kier alpha value is -3.22. The molecule has 2 N–H and O–H groups in total. The Bertz CT molecular complexity index is 1040. The summed E-state index contributed by atoms with van der Waals surface area (Å²) in [7, 11) is 0. The summed E-state index contributed by atoms with van der Waals surface area (Å²) in [6.07, 6.45) is -6.44. The van der Waals surface area contributed by atoms with E-state index in [-0.39, 0.29) is 16.6 Å². The zero-order valence-corrected chi connectivity index (χ0v) is 14.8. The van der Waals surface area contributed by atoms with Gasteiger partial charge >= 0.3 is 12.4 Å². The topological polar surface area (TPSA) is 86.7 Å². The van der Waals surface area contributed by atoms with Crippen LogP contribution in [0.4, 0.5) is 26.3 Å². The zero-order valence-electron chi connectivity index (χ0n) is 14.0. The van der Waals surface area contributed by atoms with Gasteiger partial charge < -0.3 is 5.73 Å². The highest BCUT2D eigenvalue weighted by Crippen LogP contribution is 2.38. The fraction of sp³-hybridized carbons (Fsp3) is 0.125. The van der Waals surface area contributed by atoms with Crippen molar-refractivity contribution in [3.05, 3.63) is 52.2 Å². The van der Waals surface area contributed by atoms with Gasteiger partial charge in [-0.1, -0.05) is 0 Å². The van der Waals surface area contributed by atoms with Crippen molar-refractivity contribution in [1.82, 2.24) is 19.7 Å². The molecule has 3 rings (SSSR count). The molecule has 0 atom stereocenters. The summed E-state index contributed by atoms with van der Waals surface area (Å²) in [5.41, 5.74) is 1.74. The van der Waals surface area contributed by atoms with Gasteiger partial charge in [-0.3, -0.25) is 4.79 Å². The van der Waals surface area contributed by atoms with Crippen LogP contribution in [0.1, 0.15) is 16.1 Å². The van der Waals surface area contributed by atoms with E-state index in [4.69, 9.17) is 5.73 Å². The quantitative estimate of drug-likeness (QED) is 0.499. The largest absolute Gasteiger partial charge is 0.416 e. The molecule has 0 unspecified atom stereocenters. The maximum Gasteiger partial charge on any atom is 0.416 e. The van der Waals surface area contributed by atoms with Crippen molar-refractivity contribution >= 4 is 29.0 Å². The van der Waals surface area contributed by atoms with Gasteiger partial charge in [0.05, 0.1) is 16.7 Å². The first-order valence-electron chi connectivity index (χ1n) is 7.57. The number of primary amides is 1. The van der Waals surface area contributed by atoms with Crippen LogP contribution in [0.25, 0.3) is 23.2 Å². The van der Waals surface area contributed by atoms with Crippen LogP contribution < -0.4 is 5.73 Å². The molecule has 1 aromatic carbocycles. The standard InChI is InChI=1S/C16H9F6N5OS/c17-15(18,19)9-3-8(4-10(5-9)16(20,21)22)13-25-7-27(26-13)6-11(12(23)28)14-24-1-2-29-14/h1-7H,(H2,23,28). The monoisotopic (exact) mass is 433 g/mol. The van der Waals surface area contributed by atoms with Gasteiger partial charge in [-0.15, -0.1) is 16.4 Å². The number of nitrogens with zero attached hydrogens (tertiary/aromatic N) is 4. The van der Waals surface area contributed by atoms with Crippen molar-refractivity contribution in [2.24, 2.45) is 5.73 Å². The molecular formula is C16H9F6N5OS. The lowest BCUT2D eigenvalue weighted by Crippen LogP contribution is -2.13. The van der Waals surface area contributed by atoms with Crippen LogP contribution in [-0.4, -0.2) is 25.7 Å². The van der Waals surface area contributed by atoms with E-state index in [1.54, 1.807) is 5.38 Å². The zero-order chi connectivity index (χ0) is 21.4. The molecule has 2 heterocycles. The van der Waals surface area contributed by atoms with E-state index in [1.165, 1.54) is 6.20 Å². The van der Waals surface area contributed by atoms with Crippen molar-refractivity contribution in [2.45, 2.75) is 12.4 Å². The lowest BCUT2D eigenvalue weighted by atomic mass is 10.0. The molecule has 0 aliphatic carbocycles. The van der Waals surface area contributed by atoms with Crippen molar-refractivity contribution in [1.29, 1.82) is 0 Å². The molecule has 1 amide bonds. The van der Waals surface area contributed by atoms with E-state index in [2.05, 4.69) is 15.1 Å². The van der Waals surface area contributed by atoms with Crippen LogP contribution in [0, 0.1) is 0 Å². The molecule has 0 fully saturated rings. The number of thiazole rings is 1. The summed E-state index contributed by atoms with van der Waals surface area (Å²) >= 11 is 1.10. The van der Waals surface area contributed by atoms with Crippen molar-refractivity contribution in [3.63, 3.8) is 0 Å². The summed E-state index contributed by atoms with van der Waals surface area (Å²) in [6, 6.07) is 1.02. The van der Waals surface area contributed by atoms with Gasteiger partial charge in [-0.2, -0.15) is 26.3 Å². The smallest absolute Gasteiger partial charge is 0.365 e. The highest BCUT2D eigenvalue weighted by atomic mass is 32.1. The van der Waals surface area contributed by atoms with E-state index in [1.807, 2.05) is 0 Å². The third-order valence-electron chi connectivity index (χ3n) is 3.54. The van der Waals surface area contributed by atoms with Crippen LogP contribution in [0.5, 0.6) is 0 Å². The Kier molecular flexibility index (Phi) is 5.17. The molecule has 13 heteroatoms. The Balaban J connectivity index is 2.06. The van der Waals surface area contributed by atoms with Crippen LogP contribution in [-0.2, 0) is 17.1 Å². The van der Waals surface area contributed by atoms with Gasteiger partial charge in [0.1, 0.15) is 11.3 Å². The van der Waals surface area contributed by atoms with Gasteiger partial charge in [-0.25, -0.2) is 14.6 Å². The second kappa shape index (κ2) is 7.31. The lowest BCUT2D eigenvalue weighted by molar-refractivity contribution is -0.143. The molecule has 0 saturated heterocycles. The molecule has 0 aliphatic rings. The molecule has 0 saturated carbocycles. The SMILES string of the molecule is NC(=O)C(=Cn1cnc(-c2cc(C(F)(F)F)cc(C(F)(F)F)c2)n1)c1nccs1. The predicted molar refractivity (Wildman–Crippen MR) is 90.9 cm³/mol. The summed E-state index contributed by atoms with van der Waals surface area (Å²) in [5, 5.41) is 5.66. The summed E-state index contributed by atoms with van der Waals surface area (Å²) in [4.78, 5) is 19.2. The maximum absolute atomic E-state index is 13.0. The highest BCUT2D eigenvalue weighted by molar-refractivity contribution is 7.11. The van der Waals surface area contributed by atoms with E-state index in [0.717, 1.165) is 28.5 Å². The van der Waals surface area contributed by atoms with Crippen molar-refractivity contribution in [3.8, 4) is 11.4 Å². The number of hydrogen-bond acceptors (Lipinski definition) is 5. The number of carbonyl (C=O) groups is 1. The molecule has 6 nitrogen and oxygen atoms in total. The number of alkyl halides is 6. The Morgan fingerprint density at radius 1 is 1.03 bits per heavy atom. The third-order valence-corrected chi connectivity index (χ3v) is 4.35. The minimum absolute atomic E-state index is 0.00799. The minimum Gasteiger partial charge on any atom is -0.365 e. The maximum atomic E-state index is 13.0. The number of hydrogen-bond donors (Lipinski definition) is 1. The molecule has 0 aliphatic heterocycles. The van der Waals surface area contributed by atoms with E-state index < -0.39 is 40.8 Å². The highest BCUT2D eigenvalue weighted by Gasteiger charge is 2.37. The number of amides is 1. The molecule has 0 spiro atoms. The van der Waals surface area contributed by atoms with Crippen LogP contribution in [0.2, 0.25) is 0 Å². The van der Waals surface area contributed by atoms with E-state index >= 15 is 0 Å². The van der Waals surface area contributed by atoms with Crippen LogP contribution in [0.3, 0.4) is 0 Å². The van der Waals surface area contributed by atoms with E-state index in [9.17, 15) is 31.1 Å². The summed E-state index contributed by atoms with van der Waals surface area (Å²) in [5.74, 6) is -1.25. The fourth-order valence-corrected chi connectivity index (χ4v) is 2.92. The molecular weight excluding hydrogens is 424 g/mol. The van der Waals surface area contributed by atoms with Gasteiger partial charge in [0.15, 0.2) is 5.82 Å². The number of nitrogens with two attached hydrogens (primary N) is 1. The summed E-state index contributed by atoms with van der Waals surface area (Å²) < 4.78 is 78.9. The molecule has 0 radical (unpaired) electrons. The van der Waals surface area contributed by atoms with Gasteiger partial charge in [-0.05, 0) is 18.2 Å². The average molecular weight is 433 g/mol. The molecule has 2 aromatic heterocycles. The summed E-state index contributed by atoms with van der Waals surface area (Å²) in [6.45, 7) is 0. The number of aromatic nitrogens is 4. The number of benzene rings is 1. The van der Waals surface area contributed by atoms with Gasteiger partial charge in [0, 0.05) is 23.3 Å². The van der Waals surface area contributed by atoms with Crippen LogP contribution >= 0.6 is 11.3 Å². The first-order chi connectivity index (χ1) is 13.4. The van der Waals surface area contributed by atoms with Crippen molar-refractivity contribution < 1.29 is 31.1 Å². The number of carbonyl (C=O) groups excluding carboxylic acids is 1. The Morgan fingerprint density at radius 3 is 2.14 bits per heavy atom. The van der Waals surface area contributed by atoms with Crippen LogP contribution in [0.15, 0.2) is 36.1 Å². The molecule has 3 aromatic rings. The first-order valence-corrected chi connectivity index (χ1v) is 8.45. The number of rotatable bonds is 4. The molecule has 29 heavy (non-hydrogen) atoms. The molecule has 0 bridgehead atoms. The first kappa shape index (κ1) is 20.5.